The summed E-state index contributed by atoms with van der Waals surface area (Å²) in [6.45, 7) is 3.48. The van der Waals surface area contributed by atoms with E-state index in [0.29, 0.717) is 6.54 Å². The van der Waals surface area contributed by atoms with Crippen molar-refractivity contribution in [2.24, 2.45) is 5.92 Å². The van der Waals surface area contributed by atoms with Crippen molar-refractivity contribution in [3.05, 3.63) is 5.01 Å². The molecule has 0 spiro atoms. The third-order valence-electron chi connectivity index (χ3n) is 2.51. The highest BCUT2D eigenvalue weighted by molar-refractivity contribution is 7.15. The Morgan fingerprint density at radius 1 is 1.60 bits per heavy atom. The van der Waals surface area contributed by atoms with Crippen LogP contribution in [0.15, 0.2) is 0 Å². The molecule has 0 saturated carbocycles. The minimum atomic E-state index is -0.126. The van der Waals surface area contributed by atoms with E-state index >= 15 is 0 Å². The fourth-order valence-corrected chi connectivity index (χ4v) is 2.43. The normalized spacial score (nSPS) is 20.7. The maximum Gasteiger partial charge on any atom is 0.310 e. The second kappa shape index (κ2) is 4.14. The number of esters is 1. The van der Waals surface area contributed by atoms with E-state index in [9.17, 15) is 4.79 Å². The predicted octanol–water partition coefficient (Wildman–Crippen LogP) is 0.846. The zero-order chi connectivity index (χ0) is 10.8. The van der Waals surface area contributed by atoms with E-state index in [1.807, 2.05) is 6.92 Å². The summed E-state index contributed by atoms with van der Waals surface area (Å²) in [4.78, 5) is 13.4. The number of ether oxygens (including phenoxy) is 1. The van der Waals surface area contributed by atoms with E-state index in [4.69, 9.17) is 4.74 Å². The van der Waals surface area contributed by atoms with Gasteiger partial charge in [-0.25, -0.2) is 0 Å². The molecule has 1 aromatic heterocycles. The summed E-state index contributed by atoms with van der Waals surface area (Å²) in [5.74, 6) is -0.141. The molecule has 6 heteroatoms. The number of hydrogen-bond donors (Lipinski definition) is 0. The number of carbonyl (C=O) groups is 1. The lowest BCUT2D eigenvalue weighted by molar-refractivity contribution is -0.144. The predicted molar refractivity (Wildman–Crippen MR) is 57.0 cm³/mol. The zero-order valence-electron chi connectivity index (χ0n) is 8.77. The fourth-order valence-electron chi connectivity index (χ4n) is 1.71. The third-order valence-corrected chi connectivity index (χ3v) is 3.41. The molecule has 1 aliphatic heterocycles. The molecule has 5 nitrogen and oxygen atoms in total. The quantitative estimate of drug-likeness (QED) is 0.701. The average Bonchev–Trinajstić information content (AvgIpc) is 2.84. The number of anilines is 1. The van der Waals surface area contributed by atoms with Gasteiger partial charge in [0, 0.05) is 13.1 Å². The van der Waals surface area contributed by atoms with Crippen LogP contribution in [-0.4, -0.2) is 36.4 Å². The van der Waals surface area contributed by atoms with Gasteiger partial charge in [0.2, 0.25) is 5.13 Å². The topological polar surface area (TPSA) is 55.3 Å². The summed E-state index contributed by atoms with van der Waals surface area (Å²) in [6, 6.07) is 0. The molecule has 1 aliphatic rings. The van der Waals surface area contributed by atoms with Crippen molar-refractivity contribution in [3.8, 4) is 0 Å². The lowest BCUT2D eigenvalue weighted by Gasteiger charge is -2.12. The molecule has 1 aromatic rings. The molecule has 0 N–H and O–H groups in total. The third kappa shape index (κ3) is 2.09. The summed E-state index contributed by atoms with van der Waals surface area (Å²) < 4.78 is 4.73. The molecule has 1 atom stereocenters. The second-order valence-corrected chi connectivity index (χ2v) is 4.72. The smallest absolute Gasteiger partial charge is 0.310 e. The SMILES string of the molecule is COC(=O)C1CCN(c2nnc(C)s2)C1. The van der Waals surface area contributed by atoms with Gasteiger partial charge in [-0.05, 0) is 13.3 Å². The first kappa shape index (κ1) is 10.4. The van der Waals surface area contributed by atoms with Gasteiger partial charge in [0.05, 0.1) is 13.0 Å². The lowest BCUT2D eigenvalue weighted by Crippen LogP contribution is -2.23. The Morgan fingerprint density at radius 2 is 2.40 bits per heavy atom. The summed E-state index contributed by atoms with van der Waals surface area (Å²) in [5.41, 5.74) is 0. The van der Waals surface area contributed by atoms with Crippen LogP contribution in [0.1, 0.15) is 11.4 Å². The van der Waals surface area contributed by atoms with Crippen molar-refractivity contribution in [1.82, 2.24) is 10.2 Å². The highest BCUT2D eigenvalue weighted by Gasteiger charge is 2.30. The average molecular weight is 227 g/mol. The number of aromatic nitrogens is 2. The van der Waals surface area contributed by atoms with Crippen LogP contribution in [0, 0.1) is 12.8 Å². The minimum Gasteiger partial charge on any atom is -0.469 e. The molecule has 2 rings (SSSR count). The number of nitrogens with zero attached hydrogens (tertiary/aromatic N) is 3. The van der Waals surface area contributed by atoms with E-state index in [1.165, 1.54) is 7.11 Å². The summed E-state index contributed by atoms with van der Waals surface area (Å²) in [6.07, 6.45) is 0.839. The highest BCUT2D eigenvalue weighted by atomic mass is 32.1. The number of carbonyl (C=O) groups excluding carboxylic acids is 1. The summed E-state index contributed by atoms with van der Waals surface area (Å²) in [5, 5.41) is 9.87. The van der Waals surface area contributed by atoms with Gasteiger partial charge < -0.3 is 9.64 Å². The maximum atomic E-state index is 11.3. The van der Waals surface area contributed by atoms with Crippen molar-refractivity contribution < 1.29 is 9.53 Å². The molecule has 1 unspecified atom stereocenters. The van der Waals surface area contributed by atoms with Gasteiger partial charge in [0.15, 0.2) is 0 Å². The molecule has 0 amide bonds. The lowest BCUT2D eigenvalue weighted by atomic mass is 10.1. The van der Waals surface area contributed by atoms with Crippen LogP contribution in [0.3, 0.4) is 0 Å². The largest absolute Gasteiger partial charge is 0.469 e. The Balaban J connectivity index is 2.01. The Kier molecular flexibility index (Phi) is 2.86. The van der Waals surface area contributed by atoms with Gasteiger partial charge in [0.1, 0.15) is 5.01 Å². The van der Waals surface area contributed by atoms with Crippen molar-refractivity contribution in [3.63, 3.8) is 0 Å². The summed E-state index contributed by atoms with van der Waals surface area (Å²) in [7, 11) is 1.43. The molecular formula is C9H13N3O2S. The second-order valence-electron chi connectivity index (χ2n) is 3.56. The first-order valence-corrected chi connectivity index (χ1v) is 5.65. The molecule has 0 bridgehead atoms. The van der Waals surface area contributed by atoms with Crippen LogP contribution in [0.5, 0.6) is 0 Å². The first-order chi connectivity index (χ1) is 7.20. The van der Waals surface area contributed by atoms with Crippen molar-refractivity contribution >= 4 is 22.4 Å². The van der Waals surface area contributed by atoms with Crippen LogP contribution < -0.4 is 4.90 Å². The van der Waals surface area contributed by atoms with Gasteiger partial charge >= 0.3 is 5.97 Å². The van der Waals surface area contributed by atoms with E-state index in [2.05, 4.69) is 15.1 Å². The molecule has 2 heterocycles. The molecule has 1 saturated heterocycles. The Bertz CT molecular complexity index is 366. The van der Waals surface area contributed by atoms with Gasteiger partial charge in [-0.1, -0.05) is 11.3 Å². The van der Waals surface area contributed by atoms with Crippen LogP contribution in [0.4, 0.5) is 5.13 Å². The van der Waals surface area contributed by atoms with Crippen LogP contribution in [0.2, 0.25) is 0 Å². The van der Waals surface area contributed by atoms with Crippen molar-refractivity contribution in [1.29, 1.82) is 0 Å². The van der Waals surface area contributed by atoms with Crippen LogP contribution >= 0.6 is 11.3 Å². The van der Waals surface area contributed by atoms with Gasteiger partial charge in [0.25, 0.3) is 0 Å². The van der Waals surface area contributed by atoms with E-state index in [0.717, 1.165) is 23.1 Å². The molecule has 15 heavy (non-hydrogen) atoms. The van der Waals surface area contributed by atoms with Crippen LogP contribution in [0.25, 0.3) is 0 Å². The molecule has 0 radical (unpaired) electrons. The van der Waals surface area contributed by atoms with Gasteiger partial charge in [-0.3, -0.25) is 4.79 Å². The molecule has 1 fully saturated rings. The van der Waals surface area contributed by atoms with Gasteiger partial charge in [-0.2, -0.15) is 0 Å². The number of methoxy groups -OCH3 is 1. The monoisotopic (exact) mass is 227 g/mol. The molecule has 82 valence electrons. The maximum absolute atomic E-state index is 11.3. The Labute approximate surface area is 92.1 Å². The van der Waals surface area contributed by atoms with Crippen LogP contribution in [-0.2, 0) is 9.53 Å². The minimum absolute atomic E-state index is 0.0146. The molecule has 0 aromatic carbocycles. The summed E-state index contributed by atoms with van der Waals surface area (Å²) >= 11 is 1.56. The molecule has 0 aliphatic carbocycles. The fraction of sp³-hybridized carbons (Fsp3) is 0.667. The Hall–Kier alpha value is -1.17. The van der Waals surface area contributed by atoms with Gasteiger partial charge in [-0.15, -0.1) is 10.2 Å². The first-order valence-electron chi connectivity index (χ1n) is 4.83. The standard InChI is InChI=1S/C9H13N3O2S/c1-6-10-11-9(15-6)12-4-3-7(5-12)8(13)14-2/h7H,3-5H2,1-2H3. The molecular weight excluding hydrogens is 214 g/mol. The van der Waals surface area contributed by atoms with E-state index in [1.54, 1.807) is 11.3 Å². The van der Waals surface area contributed by atoms with E-state index in [-0.39, 0.29) is 11.9 Å². The number of hydrogen-bond acceptors (Lipinski definition) is 6. The highest BCUT2D eigenvalue weighted by Crippen LogP contribution is 2.26. The van der Waals surface area contributed by atoms with Crippen molar-refractivity contribution in [2.75, 3.05) is 25.1 Å². The number of aryl methyl sites for hydroxylation is 1. The zero-order valence-corrected chi connectivity index (χ0v) is 9.58. The number of rotatable bonds is 2. The Morgan fingerprint density at radius 3 is 3.00 bits per heavy atom. The van der Waals surface area contributed by atoms with Crippen molar-refractivity contribution in [2.45, 2.75) is 13.3 Å². The van der Waals surface area contributed by atoms with E-state index < -0.39 is 0 Å².